The first-order valence-corrected chi connectivity index (χ1v) is 10.7. The minimum atomic E-state index is -4.75. The SMILES string of the molecule is Cc1ccc(Cn2c(O)c(C(=O)NCC(=O)O)c(=O)n(C3CCCCC3)c2=O)c(C(F)(F)F)c1. The zero-order chi connectivity index (χ0) is 25.2. The molecule has 1 saturated carbocycles. The Hall–Kier alpha value is -3.57. The van der Waals surface area contributed by atoms with Crippen molar-refractivity contribution in [2.24, 2.45) is 0 Å². The van der Waals surface area contributed by atoms with Crippen LogP contribution in [0.15, 0.2) is 27.8 Å². The zero-order valence-corrected chi connectivity index (χ0v) is 18.3. The number of halogens is 3. The Morgan fingerprint density at radius 3 is 2.38 bits per heavy atom. The Morgan fingerprint density at radius 2 is 1.79 bits per heavy atom. The lowest BCUT2D eigenvalue weighted by molar-refractivity contribution is -0.138. The van der Waals surface area contributed by atoms with Crippen LogP contribution in [-0.4, -0.2) is 37.8 Å². The van der Waals surface area contributed by atoms with Crippen molar-refractivity contribution in [1.82, 2.24) is 14.5 Å². The second kappa shape index (κ2) is 9.74. The zero-order valence-electron chi connectivity index (χ0n) is 18.3. The van der Waals surface area contributed by atoms with Crippen molar-refractivity contribution in [3.05, 3.63) is 61.3 Å². The van der Waals surface area contributed by atoms with E-state index in [2.05, 4.69) is 0 Å². The molecule has 0 bridgehead atoms. The molecule has 1 amide bonds. The summed E-state index contributed by atoms with van der Waals surface area (Å²) in [6.45, 7) is -0.154. The fourth-order valence-corrected chi connectivity index (χ4v) is 4.17. The van der Waals surface area contributed by atoms with Crippen molar-refractivity contribution >= 4 is 11.9 Å². The second-order valence-electron chi connectivity index (χ2n) is 8.27. The van der Waals surface area contributed by atoms with Gasteiger partial charge in [-0.1, -0.05) is 37.0 Å². The third-order valence-corrected chi connectivity index (χ3v) is 5.82. The molecule has 1 fully saturated rings. The Labute approximate surface area is 191 Å². The van der Waals surface area contributed by atoms with E-state index in [0.717, 1.165) is 23.1 Å². The molecule has 0 atom stereocenters. The van der Waals surface area contributed by atoms with E-state index >= 15 is 0 Å². The maximum absolute atomic E-state index is 13.6. The average molecular weight is 483 g/mol. The van der Waals surface area contributed by atoms with E-state index in [1.807, 2.05) is 5.32 Å². The summed E-state index contributed by atoms with van der Waals surface area (Å²) in [5, 5.41) is 21.4. The lowest BCUT2D eigenvalue weighted by atomic mass is 9.95. The smallest absolute Gasteiger partial charge is 0.416 e. The summed E-state index contributed by atoms with van der Waals surface area (Å²) in [7, 11) is 0. The maximum Gasteiger partial charge on any atom is 0.416 e. The molecule has 0 radical (unpaired) electrons. The highest BCUT2D eigenvalue weighted by Gasteiger charge is 2.35. The van der Waals surface area contributed by atoms with Gasteiger partial charge in [0.05, 0.1) is 12.1 Å². The molecule has 3 N–H and O–H groups in total. The standard InChI is InChI=1S/C22H24F3N3O6/c1-12-7-8-13(15(9-12)22(23,24)25)11-27-19(32)17(18(31)26-10-16(29)30)20(33)28(21(27)34)14-5-3-2-4-6-14/h7-9,14,32H,2-6,10-11H2,1H3,(H,26,31)(H,29,30). The van der Waals surface area contributed by atoms with Crippen LogP contribution in [0.5, 0.6) is 5.88 Å². The number of aromatic nitrogens is 2. The van der Waals surface area contributed by atoms with Crippen LogP contribution >= 0.6 is 0 Å². The number of hydrogen-bond acceptors (Lipinski definition) is 5. The van der Waals surface area contributed by atoms with Gasteiger partial charge in [-0.3, -0.25) is 23.5 Å². The molecule has 12 heteroatoms. The second-order valence-corrected chi connectivity index (χ2v) is 8.27. The van der Waals surface area contributed by atoms with E-state index in [4.69, 9.17) is 5.11 Å². The molecule has 0 saturated heterocycles. The van der Waals surface area contributed by atoms with Crippen molar-refractivity contribution < 1.29 is 33.0 Å². The van der Waals surface area contributed by atoms with Gasteiger partial charge in [0.15, 0.2) is 5.56 Å². The van der Waals surface area contributed by atoms with Crippen molar-refractivity contribution in [1.29, 1.82) is 0 Å². The third kappa shape index (κ3) is 5.15. The van der Waals surface area contributed by atoms with E-state index in [1.54, 1.807) is 0 Å². The molecular formula is C22H24F3N3O6. The summed E-state index contributed by atoms with van der Waals surface area (Å²) in [6, 6.07) is 2.86. The lowest BCUT2D eigenvalue weighted by Crippen LogP contribution is -2.47. The Morgan fingerprint density at radius 1 is 1.15 bits per heavy atom. The number of nitrogens with zero attached hydrogens (tertiary/aromatic N) is 2. The highest BCUT2D eigenvalue weighted by molar-refractivity contribution is 5.97. The number of amides is 1. The number of alkyl halides is 3. The summed E-state index contributed by atoms with van der Waals surface area (Å²) in [5.74, 6) is -3.79. The first-order valence-electron chi connectivity index (χ1n) is 10.7. The Balaban J connectivity index is 2.22. The van der Waals surface area contributed by atoms with Crippen LogP contribution in [0.4, 0.5) is 13.2 Å². The van der Waals surface area contributed by atoms with Gasteiger partial charge in [-0.05, 0) is 31.4 Å². The van der Waals surface area contributed by atoms with Crippen molar-refractivity contribution in [3.63, 3.8) is 0 Å². The number of hydrogen-bond donors (Lipinski definition) is 3. The highest BCUT2D eigenvalue weighted by atomic mass is 19.4. The number of aromatic hydroxyl groups is 1. The minimum absolute atomic E-state index is 0.327. The predicted molar refractivity (Wildman–Crippen MR) is 114 cm³/mol. The lowest BCUT2D eigenvalue weighted by Gasteiger charge is -2.25. The summed E-state index contributed by atoms with van der Waals surface area (Å²) in [5.41, 5.74) is -4.10. The van der Waals surface area contributed by atoms with E-state index in [9.17, 15) is 37.5 Å². The van der Waals surface area contributed by atoms with Crippen LogP contribution in [0.1, 0.15) is 65.2 Å². The van der Waals surface area contributed by atoms with Crippen molar-refractivity contribution in [3.8, 4) is 5.88 Å². The van der Waals surface area contributed by atoms with Gasteiger partial charge in [0.2, 0.25) is 5.88 Å². The van der Waals surface area contributed by atoms with Crippen LogP contribution in [0, 0.1) is 6.92 Å². The van der Waals surface area contributed by atoms with Gasteiger partial charge < -0.3 is 15.5 Å². The van der Waals surface area contributed by atoms with E-state index in [-0.39, 0.29) is 5.56 Å². The fourth-order valence-electron chi connectivity index (χ4n) is 4.17. The fraction of sp³-hybridized carbons (Fsp3) is 0.455. The van der Waals surface area contributed by atoms with Gasteiger partial charge in [-0.2, -0.15) is 13.2 Å². The molecule has 34 heavy (non-hydrogen) atoms. The molecule has 0 spiro atoms. The van der Waals surface area contributed by atoms with Gasteiger partial charge in [0, 0.05) is 6.04 Å². The number of carboxylic acids is 1. The third-order valence-electron chi connectivity index (χ3n) is 5.82. The van der Waals surface area contributed by atoms with Gasteiger partial charge in [0.25, 0.3) is 11.5 Å². The van der Waals surface area contributed by atoms with E-state index < -0.39 is 65.4 Å². The average Bonchev–Trinajstić information content (AvgIpc) is 2.76. The van der Waals surface area contributed by atoms with Crippen LogP contribution in [0.2, 0.25) is 0 Å². The van der Waals surface area contributed by atoms with Crippen molar-refractivity contribution in [2.75, 3.05) is 6.54 Å². The molecule has 1 aromatic heterocycles. The van der Waals surface area contributed by atoms with Crippen molar-refractivity contribution in [2.45, 2.75) is 57.8 Å². The number of benzene rings is 1. The van der Waals surface area contributed by atoms with E-state index in [0.29, 0.717) is 35.8 Å². The molecule has 9 nitrogen and oxygen atoms in total. The highest BCUT2D eigenvalue weighted by Crippen LogP contribution is 2.33. The van der Waals surface area contributed by atoms with E-state index in [1.165, 1.54) is 13.0 Å². The Bertz CT molecular complexity index is 1230. The molecule has 0 aliphatic heterocycles. The molecule has 2 aromatic rings. The largest absolute Gasteiger partial charge is 0.494 e. The van der Waals surface area contributed by atoms with Gasteiger partial charge in [-0.15, -0.1) is 0 Å². The molecular weight excluding hydrogens is 459 g/mol. The number of carbonyl (C=O) groups is 2. The quantitative estimate of drug-likeness (QED) is 0.579. The number of carbonyl (C=O) groups excluding carboxylic acids is 1. The Kier molecular flexibility index (Phi) is 7.18. The summed E-state index contributed by atoms with van der Waals surface area (Å²) >= 11 is 0. The molecule has 1 heterocycles. The summed E-state index contributed by atoms with van der Waals surface area (Å²) in [4.78, 5) is 49.7. The first-order chi connectivity index (χ1) is 15.9. The van der Waals surface area contributed by atoms with Crippen LogP contribution < -0.4 is 16.6 Å². The monoisotopic (exact) mass is 483 g/mol. The maximum atomic E-state index is 13.6. The molecule has 1 aliphatic carbocycles. The number of rotatable bonds is 6. The van der Waals surface area contributed by atoms with Crippen LogP contribution in [-0.2, 0) is 17.5 Å². The number of carboxylic acid groups (broad SMARTS) is 1. The normalized spacial score (nSPS) is 14.7. The summed E-state index contributed by atoms with van der Waals surface area (Å²) < 4.78 is 42.2. The molecule has 0 unspecified atom stereocenters. The van der Waals surface area contributed by atoms with Crippen LogP contribution in [0.3, 0.4) is 0 Å². The predicted octanol–water partition coefficient (Wildman–Crippen LogP) is 2.41. The minimum Gasteiger partial charge on any atom is -0.494 e. The number of nitrogens with one attached hydrogen (secondary N) is 1. The topological polar surface area (TPSA) is 131 Å². The molecule has 3 rings (SSSR count). The summed E-state index contributed by atoms with van der Waals surface area (Å²) in [6.07, 6.45) is -1.59. The molecule has 1 aliphatic rings. The van der Waals surface area contributed by atoms with Gasteiger partial charge in [0.1, 0.15) is 6.54 Å². The molecule has 184 valence electrons. The first kappa shape index (κ1) is 25.1. The number of aryl methyl sites for hydroxylation is 1. The van der Waals surface area contributed by atoms with Crippen LogP contribution in [0.25, 0.3) is 0 Å². The number of aliphatic carboxylic acids is 1. The molecule has 1 aromatic carbocycles. The van der Waals surface area contributed by atoms with Gasteiger partial charge >= 0.3 is 17.8 Å². The van der Waals surface area contributed by atoms with Gasteiger partial charge in [-0.25, -0.2) is 4.79 Å².